The van der Waals surface area contributed by atoms with Gasteiger partial charge in [-0.1, -0.05) is 140 Å². The summed E-state index contributed by atoms with van der Waals surface area (Å²) in [5, 5.41) is 20.0. The maximum absolute atomic E-state index is 11.9. The topological polar surface area (TPSA) is 93.1 Å². The van der Waals surface area contributed by atoms with Crippen molar-refractivity contribution in [3.63, 3.8) is 0 Å². The molecule has 0 aromatic rings. The minimum Gasteiger partial charge on any atom is -0.463 e. The van der Waals surface area contributed by atoms with Crippen LogP contribution in [0.2, 0.25) is 0 Å². The highest BCUT2D eigenvalue weighted by Crippen LogP contribution is 2.12. The number of esters is 2. The molecular weight excluding hydrogens is 540 g/mol. The molecule has 0 amide bonds. The normalized spacial score (nSPS) is 13.5. The zero-order valence-corrected chi connectivity index (χ0v) is 27.6. The van der Waals surface area contributed by atoms with Crippen LogP contribution in [-0.2, 0) is 19.1 Å². The summed E-state index contributed by atoms with van der Waals surface area (Å²) < 4.78 is 10.2. The van der Waals surface area contributed by atoms with Crippen molar-refractivity contribution < 1.29 is 29.3 Å². The molecule has 0 saturated carbocycles. The van der Waals surface area contributed by atoms with Crippen LogP contribution in [-0.4, -0.2) is 47.6 Å². The van der Waals surface area contributed by atoms with Crippen molar-refractivity contribution in [2.45, 2.75) is 161 Å². The SMILES string of the molecule is CCCCC/C=C\C/C=C\CC(O)/C=C\C=C\CCCC(=O)OC[C@H](O)COC(=O)CCCCCCCCCCCCC. The van der Waals surface area contributed by atoms with Gasteiger partial charge in [0.1, 0.15) is 19.3 Å². The van der Waals surface area contributed by atoms with Gasteiger partial charge in [-0.2, -0.15) is 0 Å². The van der Waals surface area contributed by atoms with Crippen LogP contribution in [0.5, 0.6) is 0 Å². The van der Waals surface area contributed by atoms with Gasteiger partial charge in [0.15, 0.2) is 0 Å². The monoisotopic (exact) mass is 604 g/mol. The first-order chi connectivity index (χ1) is 21.0. The predicted octanol–water partition coefficient (Wildman–Crippen LogP) is 9.25. The summed E-state index contributed by atoms with van der Waals surface area (Å²) in [6.45, 7) is 4.12. The fourth-order valence-electron chi connectivity index (χ4n) is 4.45. The van der Waals surface area contributed by atoms with Crippen LogP contribution in [0, 0.1) is 0 Å². The largest absolute Gasteiger partial charge is 0.463 e. The molecule has 0 saturated heterocycles. The molecule has 1 unspecified atom stereocenters. The number of aliphatic hydroxyl groups excluding tert-OH is 2. The molecule has 0 spiro atoms. The van der Waals surface area contributed by atoms with E-state index in [4.69, 9.17) is 9.47 Å². The molecule has 2 N–H and O–H groups in total. The summed E-state index contributed by atoms with van der Waals surface area (Å²) in [5.41, 5.74) is 0. The van der Waals surface area contributed by atoms with E-state index in [0.29, 0.717) is 25.7 Å². The average Bonchev–Trinajstić information content (AvgIpc) is 3.00. The van der Waals surface area contributed by atoms with Gasteiger partial charge in [-0.05, 0) is 44.9 Å². The van der Waals surface area contributed by atoms with Gasteiger partial charge in [0.05, 0.1) is 6.10 Å². The molecule has 0 aliphatic rings. The van der Waals surface area contributed by atoms with E-state index in [1.807, 2.05) is 24.3 Å². The number of aliphatic hydroxyl groups is 2. The summed E-state index contributed by atoms with van der Waals surface area (Å²) >= 11 is 0. The number of hydrogen-bond acceptors (Lipinski definition) is 6. The summed E-state index contributed by atoms with van der Waals surface area (Å²) in [5.74, 6) is -0.694. The van der Waals surface area contributed by atoms with Gasteiger partial charge in [0.25, 0.3) is 0 Å². The third-order valence-corrected chi connectivity index (χ3v) is 7.15. The van der Waals surface area contributed by atoms with Crippen molar-refractivity contribution >= 4 is 11.9 Å². The van der Waals surface area contributed by atoms with Crippen LogP contribution >= 0.6 is 0 Å². The standard InChI is InChI=1S/C37H64O6/c1-3-5-7-9-11-13-14-16-18-22-26-30-36(40)42-32-35(39)33-43-37(41)31-27-23-19-21-25-29-34(38)28-24-20-17-15-12-10-8-6-4-2/h12,15,19-21,24-25,29,34-35,38-39H,3-11,13-14,16-18,22-23,26-28,30-33H2,1-2H3/b15-12-,21-19+,24-20-,29-25-/t34?,35-/m1/s1. The molecule has 2 atom stereocenters. The van der Waals surface area contributed by atoms with Crippen molar-refractivity contribution in [2.24, 2.45) is 0 Å². The molecule has 6 heteroatoms. The van der Waals surface area contributed by atoms with E-state index < -0.39 is 12.2 Å². The second-order valence-corrected chi connectivity index (χ2v) is 11.5. The van der Waals surface area contributed by atoms with Gasteiger partial charge in [-0.3, -0.25) is 9.59 Å². The lowest BCUT2D eigenvalue weighted by Crippen LogP contribution is -2.25. The highest BCUT2D eigenvalue weighted by atomic mass is 16.6. The van der Waals surface area contributed by atoms with Crippen molar-refractivity contribution in [3.05, 3.63) is 48.6 Å². The Morgan fingerprint density at radius 1 is 0.581 bits per heavy atom. The Kier molecular flexibility index (Phi) is 31.1. The third kappa shape index (κ3) is 32.6. The molecule has 6 nitrogen and oxygen atoms in total. The van der Waals surface area contributed by atoms with E-state index in [2.05, 4.69) is 32.1 Å². The average molecular weight is 605 g/mol. The van der Waals surface area contributed by atoms with Gasteiger partial charge >= 0.3 is 11.9 Å². The zero-order chi connectivity index (χ0) is 31.6. The fraction of sp³-hybridized carbons (Fsp3) is 0.730. The Balaban J connectivity index is 3.67. The van der Waals surface area contributed by atoms with Crippen molar-refractivity contribution in [3.8, 4) is 0 Å². The number of hydrogen-bond donors (Lipinski definition) is 2. The molecule has 0 aliphatic heterocycles. The summed E-state index contributed by atoms with van der Waals surface area (Å²) in [7, 11) is 0. The van der Waals surface area contributed by atoms with Gasteiger partial charge in [-0.25, -0.2) is 0 Å². The number of rotatable bonds is 30. The fourth-order valence-corrected chi connectivity index (χ4v) is 4.45. The maximum Gasteiger partial charge on any atom is 0.305 e. The lowest BCUT2D eigenvalue weighted by atomic mass is 10.1. The summed E-state index contributed by atoms with van der Waals surface area (Å²) in [6.07, 6.45) is 36.2. The molecule has 0 aliphatic carbocycles. The molecule has 43 heavy (non-hydrogen) atoms. The van der Waals surface area contributed by atoms with E-state index >= 15 is 0 Å². The first-order valence-corrected chi connectivity index (χ1v) is 17.3. The number of ether oxygens (including phenoxy) is 2. The van der Waals surface area contributed by atoms with E-state index in [0.717, 1.165) is 32.1 Å². The Labute approximate surface area is 263 Å². The van der Waals surface area contributed by atoms with E-state index in [9.17, 15) is 19.8 Å². The molecule has 0 fully saturated rings. The third-order valence-electron chi connectivity index (χ3n) is 7.15. The summed E-state index contributed by atoms with van der Waals surface area (Å²) in [4.78, 5) is 23.8. The Hall–Kier alpha value is -2.18. The second kappa shape index (κ2) is 32.7. The Morgan fingerprint density at radius 2 is 1.09 bits per heavy atom. The highest BCUT2D eigenvalue weighted by Gasteiger charge is 2.12. The molecule has 0 heterocycles. The van der Waals surface area contributed by atoms with Crippen molar-refractivity contribution in [1.29, 1.82) is 0 Å². The van der Waals surface area contributed by atoms with Gasteiger partial charge in [0, 0.05) is 12.8 Å². The van der Waals surface area contributed by atoms with Gasteiger partial charge < -0.3 is 19.7 Å². The van der Waals surface area contributed by atoms with Crippen LogP contribution < -0.4 is 0 Å². The van der Waals surface area contributed by atoms with E-state index in [1.54, 1.807) is 6.08 Å². The Bertz CT molecular complexity index is 754. The molecule has 0 radical (unpaired) electrons. The quantitative estimate of drug-likeness (QED) is 0.0367. The van der Waals surface area contributed by atoms with Gasteiger partial charge in [-0.15, -0.1) is 0 Å². The minimum atomic E-state index is -1.01. The smallest absolute Gasteiger partial charge is 0.305 e. The Morgan fingerprint density at radius 3 is 1.72 bits per heavy atom. The van der Waals surface area contributed by atoms with Crippen LogP contribution in [0.1, 0.15) is 149 Å². The van der Waals surface area contributed by atoms with E-state index in [-0.39, 0.29) is 31.6 Å². The zero-order valence-electron chi connectivity index (χ0n) is 27.6. The van der Waals surface area contributed by atoms with E-state index in [1.165, 1.54) is 70.6 Å². The number of carbonyl (C=O) groups excluding carboxylic acids is 2. The summed E-state index contributed by atoms with van der Waals surface area (Å²) in [6, 6.07) is 0. The van der Waals surface area contributed by atoms with Crippen LogP contribution in [0.15, 0.2) is 48.6 Å². The molecule has 0 aromatic heterocycles. The second-order valence-electron chi connectivity index (χ2n) is 11.5. The first kappa shape index (κ1) is 40.8. The lowest BCUT2D eigenvalue weighted by molar-refractivity contribution is -0.152. The van der Waals surface area contributed by atoms with Crippen molar-refractivity contribution in [1.82, 2.24) is 0 Å². The number of allylic oxidation sites excluding steroid dienone is 6. The highest BCUT2D eigenvalue weighted by molar-refractivity contribution is 5.69. The van der Waals surface area contributed by atoms with Crippen LogP contribution in [0.4, 0.5) is 0 Å². The van der Waals surface area contributed by atoms with Crippen LogP contribution in [0.3, 0.4) is 0 Å². The molecule has 0 bridgehead atoms. The molecule has 0 aromatic carbocycles. The molecule has 0 rings (SSSR count). The lowest BCUT2D eigenvalue weighted by Gasteiger charge is -2.12. The maximum atomic E-state index is 11.9. The van der Waals surface area contributed by atoms with Crippen molar-refractivity contribution in [2.75, 3.05) is 13.2 Å². The first-order valence-electron chi connectivity index (χ1n) is 17.3. The number of carbonyl (C=O) groups is 2. The van der Waals surface area contributed by atoms with Gasteiger partial charge in [0.2, 0.25) is 0 Å². The van der Waals surface area contributed by atoms with Crippen LogP contribution in [0.25, 0.3) is 0 Å². The minimum absolute atomic E-state index is 0.156. The molecule has 248 valence electrons. The number of unbranched alkanes of at least 4 members (excludes halogenated alkanes) is 14. The molecular formula is C37H64O6. The predicted molar refractivity (Wildman–Crippen MR) is 179 cm³/mol.